The van der Waals surface area contributed by atoms with Gasteiger partial charge in [-0.3, -0.25) is 9.10 Å². The van der Waals surface area contributed by atoms with Crippen LogP contribution >= 0.6 is 11.3 Å². The molecule has 0 unspecified atom stereocenters. The van der Waals surface area contributed by atoms with Gasteiger partial charge in [0.05, 0.1) is 23.4 Å². The standard InChI is InChI=1S/C18H25N3O3S2/c1-4-20(5-2)15-8-10-16(11-9-15)21(26(3,23)24)13-12-19-18(22)17-7-6-14-25-17/h6-11,14H,4-5,12-13H2,1-3H3,(H,19,22). The van der Waals surface area contributed by atoms with Crippen molar-refractivity contribution in [3.63, 3.8) is 0 Å². The second kappa shape index (κ2) is 9.05. The molecule has 0 saturated heterocycles. The number of carbonyl (C=O) groups is 1. The summed E-state index contributed by atoms with van der Waals surface area (Å²) in [5.74, 6) is -0.190. The number of anilines is 2. The van der Waals surface area contributed by atoms with E-state index in [1.165, 1.54) is 21.9 Å². The predicted molar refractivity (Wildman–Crippen MR) is 109 cm³/mol. The summed E-state index contributed by atoms with van der Waals surface area (Å²) in [6.07, 6.45) is 1.17. The van der Waals surface area contributed by atoms with Gasteiger partial charge in [0.25, 0.3) is 5.91 Å². The Morgan fingerprint density at radius 3 is 2.19 bits per heavy atom. The van der Waals surface area contributed by atoms with Gasteiger partial charge in [-0.25, -0.2) is 8.42 Å². The Morgan fingerprint density at radius 2 is 1.69 bits per heavy atom. The van der Waals surface area contributed by atoms with Gasteiger partial charge in [-0.1, -0.05) is 6.07 Å². The molecule has 0 radical (unpaired) electrons. The van der Waals surface area contributed by atoms with E-state index in [4.69, 9.17) is 0 Å². The number of sulfonamides is 1. The Labute approximate surface area is 159 Å². The monoisotopic (exact) mass is 395 g/mol. The zero-order valence-electron chi connectivity index (χ0n) is 15.3. The van der Waals surface area contributed by atoms with Gasteiger partial charge in [-0.15, -0.1) is 11.3 Å². The fraction of sp³-hybridized carbons (Fsp3) is 0.389. The van der Waals surface area contributed by atoms with Crippen molar-refractivity contribution in [2.45, 2.75) is 13.8 Å². The van der Waals surface area contributed by atoms with Crippen LogP contribution < -0.4 is 14.5 Å². The molecule has 8 heteroatoms. The maximum absolute atomic E-state index is 12.2. The Kier molecular flexibility index (Phi) is 7.05. The molecule has 0 aliphatic carbocycles. The highest BCUT2D eigenvalue weighted by Gasteiger charge is 2.18. The molecule has 0 aliphatic rings. The summed E-state index contributed by atoms with van der Waals surface area (Å²) in [7, 11) is -3.44. The highest BCUT2D eigenvalue weighted by molar-refractivity contribution is 7.92. The number of thiophene rings is 1. The minimum Gasteiger partial charge on any atom is -0.372 e. The molecule has 26 heavy (non-hydrogen) atoms. The molecule has 1 heterocycles. The van der Waals surface area contributed by atoms with E-state index >= 15 is 0 Å². The SMILES string of the molecule is CCN(CC)c1ccc(N(CCNC(=O)c2cccs2)S(C)(=O)=O)cc1. The average Bonchev–Trinajstić information content (AvgIpc) is 3.14. The van der Waals surface area contributed by atoms with Crippen molar-refractivity contribution in [1.82, 2.24) is 5.32 Å². The molecule has 0 fully saturated rings. The van der Waals surface area contributed by atoms with Gasteiger partial charge in [-0.05, 0) is 49.6 Å². The van der Waals surface area contributed by atoms with E-state index in [0.717, 1.165) is 18.8 Å². The van der Waals surface area contributed by atoms with Gasteiger partial charge in [0, 0.05) is 25.3 Å². The van der Waals surface area contributed by atoms with Crippen LogP contribution in [0, 0.1) is 0 Å². The quantitative estimate of drug-likeness (QED) is 0.709. The van der Waals surface area contributed by atoms with Crippen LogP contribution in [-0.2, 0) is 10.0 Å². The molecule has 0 bridgehead atoms. The first kappa shape index (κ1) is 20.3. The van der Waals surface area contributed by atoms with E-state index < -0.39 is 10.0 Å². The number of nitrogens with one attached hydrogen (secondary N) is 1. The number of amides is 1. The molecule has 0 aliphatic heterocycles. The summed E-state index contributed by atoms with van der Waals surface area (Å²) in [5, 5.41) is 4.59. The van der Waals surface area contributed by atoms with Crippen LogP contribution in [0.25, 0.3) is 0 Å². The maximum atomic E-state index is 12.2. The Morgan fingerprint density at radius 1 is 1.08 bits per heavy atom. The Balaban J connectivity index is 2.06. The lowest BCUT2D eigenvalue weighted by Crippen LogP contribution is -2.38. The number of nitrogens with zero attached hydrogens (tertiary/aromatic N) is 2. The van der Waals surface area contributed by atoms with Gasteiger partial charge in [-0.2, -0.15) is 0 Å². The fourth-order valence-corrected chi connectivity index (χ4v) is 4.24. The normalized spacial score (nSPS) is 11.2. The van der Waals surface area contributed by atoms with Gasteiger partial charge in [0.1, 0.15) is 0 Å². The van der Waals surface area contributed by atoms with Crippen LogP contribution in [0.3, 0.4) is 0 Å². The van der Waals surface area contributed by atoms with Crippen molar-refractivity contribution in [2.24, 2.45) is 0 Å². The largest absolute Gasteiger partial charge is 0.372 e. The second-order valence-corrected chi connectivity index (χ2v) is 8.61. The highest BCUT2D eigenvalue weighted by atomic mass is 32.2. The van der Waals surface area contributed by atoms with Crippen molar-refractivity contribution in [3.05, 3.63) is 46.7 Å². The Hall–Kier alpha value is -2.06. The molecule has 1 aromatic carbocycles. The van der Waals surface area contributed by atoms with Gasteiger partial charge in [0.2, 0.25) is 10.0 Å². The number of hydrogen-bond donors (Lipinski definition) is 1. The van der Waals surface area contributed by atoms with Crippen LogP contribution in [0.4, 0.5) is 11.4 Å². The van der Waals surface area contributed by atoms with E-state index in [1.807, 2.05) is 17.5 Å². The smallest absolute Gasteiger partial charge is 0.261 e. The minimum absolute atomic E-state index is 0.181. The predicted octanol–water partition coefficient (Wildman–Crippen LogP) is 2.79. The summed E-state index contributed by atoms with van der Waals surface area (Å²) < 4.78 is 25.7. The fourth-order valence-electron chi connectivity index (χ4n) is 2.67. The summed E-state index contributed by atoms with van der Waals surface area (Å²) in [6.45, 7) is 6.36. The first-order valence-corrected chi connectivity index (χ1v) is 11.2. The number of benzene rings is 1. The van der Waals surface area contributed by atoms with E-state index in [2.05, 4.69) is 24.1 Å². The van der Waals surface area contributed by atoms with Crippen molar-refractivity contribution >= 4 is 38.6 Å². The topological polar surface area (TPSA) is 69.7 Å². The molecule has 142 valence electrons. The van der Waals surface area contributed by atoms with Gasteiger partial charge < -0.3 is 10.2 Å². The minimum atomic E-state index is -3.44. The zero-order valence-corrected chi connectivity index (χ0v) is 16.9. The van der Waals surface area contributed by atoms with Crippen molar-refractivity contribution in [3.8, 4) is 0 Å². The first-order valence-electron chi connectivity index (χ1n) is 8.51. The summed E-state index contributed by atoms with van der Waals surface area (Å²) in [6, 6.07) is 11.0. The van der Waals surface area contributed by atoms with E-state index in [0.29, 0.717) is 10.6 Å². The third-order valence-corrected chi connectivity index (χ3v) is 6.07. The molecule has 0 spiro atoms. The van der Waals surface area contributed by atoms with Crippen LogP contribution in [0.1, 0.15) is 23.5 Å². The molecule has 2 aromatic rings. The van der Waals surface area contributed by atoms with E-state index in [9.17, 15) is 13.2 Å². The number of hydrogen-bond acceptors (Lipinski definition) is 5. The lowest BCUT2D eigenvalue weighted by molar-refractivity contribution is 0.0959. The molecule has 0 atom stereocenters. The lowest BCUT2D eigenvalue weighted by atomic mass is 10.2. The third kappa shape index (κ3) is 5.22. The van der Waals surface area contributed by atoms with Gasteiger partial charge >= 0.3 is 0 Å². The molecule has 1 N–H and O–H groups in total. The van der Waals surface area contributed by atoms with Crippen LogP contribution in [0.15, 0.2) is 41.8 Å². The number of rotatable bonds is 9. The Bertz CT molecular complexity index is 799. The van der Waals surface area contributed by atoms with E-state index in [1.54, 1.807) is 24.3 Å². The summed E-state index contributed by atoms with van der Waals surface area (Å²) in [5.41, 5.74) is 1.65. The number of carbonyl (C=O) groups excluding carboxylic acids is 1. The zero-order chi connectivity index (χ0) is 19.2. The third-order valence-electron chi connectivity index (χ3n) is 4.01. The maximum Gasteiger partial charge on any atom is 0.261 e. The van der Waals surface area contributed by atoms with Crippen LogP contribution in [0.2, 0.25) is 0 Å². The molecular formula is C18H25N3O3S2. The molecule has 1 aromatic heterocycles. The van der Waals surface area contributed by atoms with Crippen molar-refractivity contribution < 1.29 is 13.2 Å². The molecule has 6 nitrogen and oxygen atoms in total. The molecular weight excluding hydrogens is 370 g/mol. The van der Waals surface area contributed by atoms with E-state index in [-0.39, 0.29) is 19.0 Å². The van der Waals surface area contributed by atoms with Crippen molar-refractivity contribution in [1.29, 1.82) is 0 Å². The highest BCUT2D eigenvalue weighted by Crippen LogP contribution is 2.22. The first-order chi connectivity index (χ1) is 12.4. The average molecular weight is 396 g/mol. The molecule has 2 rings (SSSR count). The van der Waals surface area contributed by atoms with Gasteiger partial charge in [0.15, 0.2) is 0 Å². The molecule has 0 saturated carbocycles. The van der Waals surface area contributed by atoms with Crippen LogP contribution in [-0.4, -0.2) is 46.8 Å². The summed E-state index contributed by atoms with van der Waals surface area (Å²) in [4.78, 5) is 14.8. The second-order valence-electron chi connectivity index (χ2n) is 5.76. The molecule has 1 amide bonds. The summed E-state index contributed by atoms with van der Waals surface area (Å²) >= 11 is 1.35. The lowest BCUT2D eigenvalue weighted by Gasteiger charge is -2.25. The van der Waals surface area contributed by atoms with Crippen LogP contribution in [0.5, 0.6) is 0 Å². The van der Waals surface area contributed by atoms with Crippen molar-refractivity contribution in [2.75, 3.05) is 41.6 Å².